The maximum atomic E-state index is 12.8. The molecule has 0 aromatic heterocycles. The molecule has 1 aliphatic carbocycles. The van der Waals surface area contributed by atoms with Crippen molar-refractivity contribution >= 4 is 13.8 Å². The van der Waals surface area contributed by atoms with Gasteiger partial charge in [0.15, 0.2) is 0 Å². The lowest BCUT2D eigenvalue weighted by molar-refractivity contribution is -0.150. The van der Waals surface area contributed by atoms with Crippen LogP contribution in [0.15, 0.2) is 11.8 Å². The summed E-state index contributed by atoms with van der Waals surface area (Å²) in [5.74, 6) is -0.456. The summed E-state index contributed by atoms with van der Waals surface area (Å²) in [5, 5.41) is 14.2. The van der Waals surface area contributed by atoms with Gasteiger partial charge in [-0.25, -0.2) is 9.36 Å². The first kappa shape index (κ1) is 20.4. The fourth-order valence-corrected chi connectivity index (χ4v) is 4.56. The van der Waals surface area contributed by atoms with E-state index in [1.807, 2.05) is 0 Å². The summed E-state index contributed by atoms with van der Waals surface area (Å²) in [6.07, 6.45) is 3.24. The number of nitrogens with one attached hydrogen (secondary N) is 1. The van der Waals surface area contributed by atoms with Crippen LogP contribution in [0, 0.1) is 0 Å². The molecule has 0 radical (unpaired) electrons. The zero-order valence-electron chi connectivity index (χ0n) is 15.2. The Kier molecular flexibility index (Phi) is 6.33. The average Bonchev–Trinajstić information content (AvgIpc) is 2.90. The number of phosphoric acid groups is 1. The minimum absolute atomic E-state index is 0.0366. The van der Waals surface area contributed by atoms with Gasteiger partial charge in [0, 0.05) is 6.04 Å². The molecule has 0 amide bonds. The molecule has 25 heavy (non-hydrogen) atoms. The van der Waals surface area contributed by atoms with E-state index in [9.17, 15) is 14.5 Å². The number of hydrogen-bond acceptors (Lipinski definition) is 8. The Balaban J connectivity index is 2.40. The molecule has 144 valence electrons. The first-order valence-corrected chi connectivity index (χ1v) is 10.2. The number of fused-ring (bicyclic) bond motifs is 1. The lowest BCUT2D eigenvalue weighted by atomic mass is 9.84. The molecule has 1 heterocycles. The van der Waals surface area contributed by atoms with Crippen molar-refractivity contribution < 1.29 is 32.8 Å². The highest BCUT2D eigenvalue weighted by atomic mass is 31.2. The summed E-state index contributed by atoms with van der Waals surface area (Å²) in [6.45, 7) is 7.17. The Labute approximate surface area is 148 Å². The van der Waals surface area contributed by atoms with E-state index in [2.05, 4.69) is 5.32 Å². The van der Waals surface area contributed by atoms with E-state index >= 15 is 0 Å². The minimum Gasteiger partial charge on any atom is -0.464 e. The van der Waals surface area contributed by atoms with Crippen LogP contribution in [0.3, 0.4) is 0 Å². The molecule has 1 aliphatic heterocycles. The molecule has 0 spiro atoms. The van der Waals surface area contributed by atoms with Crippen molar-refractivity contribution in [1.29, 1.82) is 0 Å². The van der Waals surface area contributed by atoms with Crippen LogP contribution in [0.4, 0.5) is 0 Å². The van der Waals surface area contributed by atoms with E-state index in [1.54, 1.807) is 27.7 Å². The van der Waals surface area contributed by atoms with Crippen molar-refractivity contribution in [3.8, 4) is 0 Å². The summed E-state index contributed by atoms with van der Waals surface area (Å²) < 4.78 is 33.8. The summed E-state index contributed by atoms with van der Waals surface area (Å²) in [5.41, 5.74) is -2.56. The topological polar surface area (TPSA) is 103 Å². The fourth-order valence-electron chi connectivity index (χ4n) is 3.30. The van der Waals surface area contributed by atoms with E-state index in [-0.39, 0.29) is 25.6 Å². The van der Waals surface area contributed by atoms with Crippen LogP contribution >= 0.6 is 7.82 Å². The van der Waals surface area contributed by atoms with Gasteiger partial charge >= 0.3 is 13.8 Å². The van der Waals surface area contributed by atoms with Gasteiger partial charge in [0.25, 0.3) is 0 Å². The smallest absolute Gasteiger partial charge is 0.464 e. The van der Waals surface area contributed by atoms with Crippen molar-refractivity contribution in [2.45, 2.75) is 64.1 Å². The van der Waals surface area contributed by atoms with E-state index in [0.29, 0.717) is 12.8 Å². The Morgan fingerprint density at radius 2 is 1.96 bits per heavy atom. The molecule has 1 saturated carbocycles. The first-order chi connectivity index (χ1) is 11.7. The number of hydrogen-bond donors (Lipinski definition) is 2. The van der Waals surface area contributed by atoms with Gasteiger partial charge in [-0.05, 0) is 53.0 Å². The normalized spacial score (nSPS) is 32.0. The Morgan fingerprint density at radius 3 is 2.52 bits per heavy atom. The molecule has 2 rings (SSSR count). The highest BCUT2D eigenvalue weighted by Gasteiger charge is 2.55. The zero-order chi connectivity index (χ0) is 18.7. The summed E-state index contributed by atoms with van der Waals surface area (Å²) >= 11 is 0. The summed E-state index contributed by atoms with van der Waals surface area (Å²) in [6, 6.07) is -0.418. The van der Waals surface area contributed by atoms with Gasteiger partial charge in [-0.2, -0.15) is 0 Å². The van der Waals surface area contributed by atoms with Crippen LogP contribution in [0.2, 0.25) is 0 Å². The second-order valence-electron chi connectivity index (χ2n) is 6.32. The molecule has 0 aromatic carbocycles. The van der Waals surface area contributed by atoms with Crippen LogP contribution in [0.5, 0.6) is 0 Å². The van der Waals surface area contributed by atoms with Crippen molar-refractivity contribution in [2.24, 2.45) is 0 Å². The highest BCUT2D eigenvalue weighted by molar-refractivity contribution is 7.48. The largest absolute Gasteiger partial charge is 0.529 e. The van der Waals surface area contributed by atoms with Gasteiger partial charge in [-0.3, -0.25) is 14.4 Å². The molecule has 8 nitrogen and oxygen atoms in total. The van der Waals surface area contributed by atoms with Gasteiger partial charge in [-0.1, -0.05) is 0 Å². The maximum absolute atomic E-state index is 12.8. The molecule has 1 unspecified atom stereocenters. The highest BCUT2D eigenvalue weighted by Crippen LogP contribution is 2.55. The second kappa shape index (κ2) is 7.76. The maximum Gasteiger partial charge on any atom is 0.529 e. The SMILES string of the molecule is CCOC(=O)C1(C)C=C(OP(=O)(OCC)OCC)[C@@]2(O)CCC[C@@H]2N1. The van der Waals surface area contributed by atoms with Crippen LogP contribution in [-0.4, -0.2) is 48.1 Å². The molecular weight excluding hydrogens is 349 g/mol. The molecule has 1 fully saturated rings. The number of phosphoric ester groups is 1. The van der Waals surface area contributed by atoms with Crippen molar-refractivity contribution in [1.82, 2.24) is 5.32 Å². The number of esters is 1. The fraction of sp³-hybridized carbons (Fsp3) is 0.812. The van der Waals surface area contributed by atoms with Gasteiger partial charge < -0.3 is 14.4 Å². The molecular formula is C16H28NO7P. The van der Waals surface area contributed by atoms with Gasteiger partial charge in [-0.15, -0.1) is 0 Å². The van der Waals surface area contributed by atoms with E-state index in [0.717, 1.165) is 6.42 Å². The molecule has 0 bridgehead atoms. The molecule has 3 atom stereocenters. The third kappa shape index (κ3) is 4.09. The average molecular weight is 377 g/mol. The quantitative estimate of drug-likeness (QED) is 0.491. The number of carbonyl (C=O) groups is 1. The van der Waals surface area contributed by atoms with Crippen LogP contribution < -0.4 is 5.32 Å². The van der Waals surface area contributed by atoms with Gasteiger partial charge in [0.05, 0.1) is 19.8 Å². The van der Waals surface area contributed by atoms with Gasteiger partial charge in [0.1, 0.15) is 16.9 Å². The van der Waals surface area contributed by atoms with Crippen molar-refractivity contribution in [2.75, 3.05) is 19.8 Å². The van der Waals surface area contributed by atoms with Crippen molar-refractivity contribution in [3.63, 3.8) is 0 Å². The third-order valence-corrected chi connectivity index (χ3v) is 6.00. The molecule has 0 aromatic rings. The third-order valence-electron chi connectivity index (χ3n) is 4.43. The lowest BCUT2D eigenvalue weighted by Gasteiger charge is -2.43. The Morgan fingerprint density at radius 1 is 1.32 bits per heavy atom. The van der Waals surface area contributed by atoms with E-state index in [1.165, 1.54) is 6.08 Å². The second-order valence-corrected chi connectivity index (χ2v) is 7.91. The number of carbonyl (C=O) groups excluding carboxylic acids is 1. The predicted molar refractivity (Wildman–Crippen MR) is 90.8 cm³/mol. The number of ether oxygens (including phenoxy) is 1. The molecule has 0 saturated heterocycles. The minimum atomic E-state index is -3.89. The summed E-state index contributed by atoms with van der Waals surface area (Å²) in [7, 11) is -3.89. The predicted octanol–water partition coefficient (Wildman–Crippen LogP) is 2.28. The van der Waals surface area contributed by atoms with Gasteiger partial charge in [0.2, 0.25) is 0 Å². The zero-order valence-corrected chi connectivity index (χ0v) is 16.1. The lowest BCUT2D eigenvalue weighted by Crippen LogP contribution is -2.63. The number of aliphatic hydroxyl groups is 1. The molecule has 9 heteroatoms. The van der Waals surface area contributed by atoms with E-state index in [4.69, 9.17) is 18.3 Å². The van der Waals surface area contributed by atoms with Crippen LogP contribution in [0.25, 0.3) is 0 Å². The van der Waals surface area contributed by atoms with Crippen LogP contribution in [0.1, 0.15) is 47.0 Å². The molecule has 2 N–H and O–H groups in total. The first-order valence-electron chi connectivity index (χ1n) is 8.72. The Bertz CT molecular complexity index is 571. The standard InChI is InChI=1S/C16H28NO7P/c1-5-21-14(18)15(4)11-13(16(19)10-8-9-12(16)17-15)24-25(20,22-6-2)23-7-3/h11-12,17,19H,5-10H2,1-4H3/t12-,15?,16+/m0/s1. The number of rotatable bonds is 8. The monoisotopic (exact) mass is 377 g/mol. The Hall–Kier alpha value is -0.920. The summed E-state index contributed by atoms with van der Waals surface area (Å²) in [4.78, 5) is 12.4. The molecule has 2 aliphatic rings. The van der Waals surface area contributed by atoms with E-state index < -0.39 is 31.0 Å². The van der Waals surface area contributed by atoms with Crippen molar-refractivity contribution in [3.05, 3.63) is 11.8 Å². The van der Waals surface area contributed by atoms with Crippen LogP contribution in [-0.2, 0) is 27.7 Å².